The molecule has 0 aliphatic heterocycles. The third kappa shape index (κ3) is 4.01. The molecule has 0 bridgehead atoms. The number of para-hydroxylation sites is 3. The predicted octanol–water partition coefficient (Wildman–Crippen LogP) is 13.6. The molecule has 0 aliphatic carbocycles. The molecular weight excluding hydrogens is 663 g/mol. The molecule has 0 N–H and O–H groups in total. The second-order valence-corrected chi connectivity index (χ2v) is 15.0. The molecule has 12 rings (SSSR count). The van der Waals surface area contributed by atoms with Gasteiger partial charge in [-0.05, 0) is 71.1 Å². The summed E-state index contributed by atoms with van der Waals surface area (Å²) >= 11 is 1.88. The van der Waals surface area contributed by atoms with Crippen LogP contribution in [-0.2, 0) is 0 Å². The van der Waals surface area contributed by atoms with Gasteiger partial charge in [0, 0.05) is 70.1 Å². The van der Waals surface area contributed by atoms with Gasteiger partial charge < -0.3 is 9.13 Å². The Morgan fingerprint density at radius 1 is 0.415 bits per heavy atom. The van der Waals surface area contributed by atoms with Crippen LogP contribution in [0, 0.1) is 0 Å². The maximum atomic E-state index is 4.99. The highest BCUT2D eigenvalue weighted by Crippen LogP contribution is 2.45. The molecule has 0 spiro atoms. The van der Waals surface area contributed by atoms with Crippen LogP contribution in [-0.4, -0.2) is 14.1 Å². The van der Waals surface area contributed by atoms with E-state index >= 15 is 0 Å². The highest BCUT2D eigenvalue weighted by Gasteiger charge is 2.22. The Morgan fingerprint density at radius 3 is 1.74 bits per heavy atom. The molecule has 0 aliphatic rings. The maximum Gasteiger partial charge on any atom is 0.0801 e. The van der Waals surface area contributed by atoms with Crippen LogP contribution in [0.4, 0.5) is 0 Å². The first-order chi connectivity index (χ1) is 26.3. The van der Waals surface area contributed by atoms with E-state index in [0.717, 1.165) is 22.3 Å². The first kappa shape index (κ1) is 28.9. The summed E-state index contributed by atoms with van der Waals surface area (Å²) in [7, 11) is 0. The van der Waals surface area contributed by atoms with Crippen molar-refractivity contribution in [1.29, 1.82) is 0 Å². The van der Waals surface area contributed by atoms with E-state index in [1.165, 1.54) is 85.7 Å². The van der Waals surface area contributed by atoms with Crippen LogP contribution in [0.15, 0.2) is 176 Å². The summed E-state index contributed by atoms with van der Waals surface area (Å²) in [4.78, 5) is 4.99. The molecule has 53 heavy (non-hydrogen) atoms. The van der Waals surface area contributed by atoms with E-state index in [0.29, 0.717) is 0 Å². The summed E-state index contributed by atoms with van der Waals surface area (Å²) in [5.41, 5.74) is 10.4. The third-order valence-electron chi connectivity index (χ3n) is 11.1. The Bertz CT molecular complexity index is 3420. The van der Waals surface area contributed by atoms with E-state index in [1.54, 1.807) is 0 Å². The van der Waals surface area contributed by atoms with Gasteiger partial charge in [-0.25, -0.2) is 0 Å². The van der Waals surface area contributed by atoms with Crippen LogP contribution >= 0.6 is 11.3 Å². The van der Waals surface area contributed by atoms with E-state index in [9.17, 15) is 0 Å². The van der Waals surface area contributed by atoms with Gasteiger partial charge in [-0.1, -0.05) is 115 Å². The zero-order chi connectivity index (χ0) is 34.6. The van der Waals surface area contributed by atoms with Gasteiger partial charge in [0.25, 0.3) is 0 Å². The Hall–Kier alpha value is -6.75. The fourth-order valence-corrected chi connectivity index (χ4v) is 10.2. The lowest BCUT2D eigenvalue weighted by Crippen LogP contribution is -2.00. The highest BCUT2D eigenvalue weighted by atomic mass is 32.1. The van der Waals surface area contributed by atoms with Gasteiger partial charge in [-0.3, -0.25) is 4.98 Å². The Labute approximate surface area is 308 Å². The second kappa shape index (κ2) is 10.9. The average Bonchev–Trinajstić information content (AvgIpc) is 3.89. The van der Waals surface area contributed by atoms with Crippen LogP contribution in [0.5, 0.6) is 0 Å². The number of fused-ring (bicyclic) bond motifs is 14. The van der Waals surface area contributed by atoms with Gasteiger partial charge in [0.1, 0.15) is 0 Å². The zero-order valence-corrected chi connectivity index (χ0v) is 29.3. The number of hydrogen-bond donors (Lipinski definition) is 0. The van der Waals surface area contributed by atoms with Gasteiger partial charge in [0.05, 0.1) is 27.6 Å². The highest BCUT2D eigenvalue weighted by molar-refractivity contribution is 7.26. The normalized spacial score (nSPS) is 12.2. The molecule has 4 aromatic heterocycles. The van der Waals surface area contributed by atoms with Gasteiger partial charge in [-0.2, -0.15) is 0 Å². The van der Waals surface area contributed by atoms with Gasteiger partial charge >= 0.3 is 0 Å². The van der Waals surface area contributed by atoms with Crippen LogP contribution in [0.1, 0.15) is 0 Å². The largest absolute Gasteiger partial charge is 0.309 e. The standard InChI is InChI=1S/C49H29N3S/c1-2-17-38-37(16-1)46-40-18-5-9-24-44(40)52(48(46)41-21-12-26-50-47(38)41)32-28-30(33-19-11-20-39-36-15-6-10-25-45(36)53-49(33)39)27-31(29-32)51-42-22-7-3-13-34(42)35-14-4-8-23-43(35)51/h1-29H. The Morgan fingerprint density at radius 2 is 0.981 bits per heavy atom. The van der Waals surface area contributed by atoms with E-state index in [4.69, 9.17) is 4.98 Å². The van der Waals surface area contributed by atoms with E-state index in [-0.39, 0.29) is 0 Å². The molecule has 0 saturated heterocycles. The zero-order valence-electron chi connectivity index (χ0n) is 28.5. The van der Waals surface area contributed by atoms with Crippen molar-refractivity contribution in [3.8, 4) is 22.5 Å². The molecule has 0 saturated carbocycles. The number of pyridine rings is 1. The summed E-state index contributed by atoms with van der Waals surface area (Å²) in [6.45, 7) is 0. The van der Waals surface area contributed by atoms with Crippen LogP contribution < -0.4 is 0 Å². The monoisotopic (exact) mass is 691 g/mol. The van der Waals surface area contributed by atoms with Crippen molar-refractivity contribution < 1.29 is 0 Å². The first-order valence-electron chi connectivity index (χ1n) is 18.0. The number of rotatable bonds is 3. The molecule has 246 valence electrons. The third-order valence-corrected chi connectivity index (χ3v) is 12.3. The minimum atomic E-state index is 1.02. The summed E-state index contributed by atoms with van der Waals surface area (Å²) in [5.74, 6) is 0. The Kier molecular flexibility index (Phi) is 5.93. The first-order valence-corrected chi connectivity index (χ1v) is 18.9. The average molecular weight is 692 g/mol. The van der Waals surface area contributed by atoms with Crippen molar-refractivity contribution >= 4 is 96.8 Å². The minimum absolute atomic E-state index is 1.02. The molecule has 12 aromatic rings. The van der Waals surface area contributed by atoms with Crippen molar-refractivity contribution in [3.05, 3.63) is 176 Å². The molecule has 8 aromatic carbocycles. The maximum absolute atomic E-state index is 4.99. The van der Waals surface area contributed by atoms with Gasteiger partial charge in [-0.15, -0.1) is 11.3 Å². The second-order valence-electron chi connectivity index (χ2n) is 13.9. The van der Waals surface area contributed by atoms with Crippen LogP contribution in [0.3, 0.4) is 0 Å². The van der Waals surface area contributed by atoms with Crippen molar-refractivity contribution in [2.45, 2.75) is 0 Å². The molecule has 0 unspecified atom stereocenters. The fourth-order valence-electron chi connectivity index (χ4n) is 8.94. The van der Waals surface area contributed by atoms with E-state index < -0.39 is 0 Å². The summed E-state index contributed by atoms with van der Waals surface area (Å²) in [6, 6.07) is 62.2. The summed E-state index contributed by atoms with van der Waals surface area (Å²) in [6.07, 6.45) is 1.92. The Balaban J connectivity index is 1.27. The molecule has 4 heterocycles. The fraction of sp³-hybridized carbons (Fsp3) is 0. The summed E-state index contributed by atoms with van der Waals surface area (Å²) in [5, 5.41) is 11.1. The van der Waals surface area contributed by atoms with Crippen molar-refractivity contribution in [2.24, 2.45) is 0 Å². The number of thiophene rings is 1. The topological polar surface area (TPSA) is 22.8 Å². The molecule has 0 fully saturated rings. The predicted molar refractivity (Wildman–Crippen MR) is 226 cm³/mol. The van der Waals surface area contributed by atoms with E-state index in [2.05, 4.69) is 179 Å². The van der Waals surface area contributed by atoms with Crippen molar-refractivity contribution in [1.82, 2.24) is 14.1 Å². The molecule has 0 radical (unpaired) electrons. The lowest BCUT2D eigenvalue weighted by atomic mass is 9.99. The quantitative estimate of drug-likeness (QED) is 0.169. The molecule has 0 atom stereocenters. The number of hydrogen-bond acceptors (Lipinski definition) is 2. The molecule has 0 amide bonds. The van der Waals surface area contributed by atoms with E-state index in [1.807, 2.05) is 17.5 Å². The number of benzene rings is 8. The lowest BCUT2D eigenvalue weighted by Gasteiger charge is -2.17. The number of nitrogens with zero attached hydrogens (tertiary/aromatic N) is 3. The van der Waals surface area contributed by atoms with Crippen LogP contribution in [0.2, 0.25) is 0 Å². The lowest BCUT2D eigenvalue weighted by molar-refractivity contribution is 1.14. The minimum Gasteiger partial charge on any atom is -0.309 e. The molecule has 4 heteroatoms. The van der Waals surface area contributed by atoms with Gasteiger partial charge in [0.15, 0.2) is 0 Å². The van der Waals surface area contributed by atoms with Gasteiger partial charge in [0.2, 0.25) is 0 Å². The SMILES string of the molecule is c1ccc2c(c1)sc1c(-c3cc(-n4c5ccccc5c5ccccc54)cc(-n4c5ccccc5c5c6ccccc6c6ncccc6c54)c3)cccc12. The van der Waals surface area contributed by atoms with Crippen molar-refractivity contribution in [2.75, 3.05) is 0 Å². The van der Waals surface area contributed by atoms with Crippen molar-refractivity contribution in [3.63, 3.8) is 0 Å². The van der Waals surface area contributed by atoms with Crippen LogP contribution in [0.25, 0.3) is 108 Å². The summed E-state index contributed by atoms with van der Waals surface area (Å²) < 4.78 is 7.56. The number of aromatic nitrogens is 3. The molecular formula is C49H29N3S. The smallest absolute Gasteiger partial charge is 0.0801 e. The molecule has 3 nitrogen and oxygen atoms in total.